The van der Waals surface area contributed by atoms with E-state index in [0.717, 1.165) is 6.54 Å². The van der Waals surface area contributed by atoms with Crippen molar-refractivity contribution in [1.29, 1.82) is 0 Å². The van der Waals surface area contributed by atoms with E-state index in [-0.39, 0.29) is 0 Å². The summed E-state index contributed by atoms with van der Waals surface area (Å²) in [7, 11) is 0. The summed E-state index contributed by atoms with van der Waals surface area (Å²) < 4.78 is 0. The first-order valence-electron chi connectivity index (χ1n) is 6.71. The topological polar surface area (TPSA) is 50.1 Å². The standard InChI is InChI=1S/C16H19N3/c17-10-12-6-8-13(9-7-12)15-11-18-19-16(15)14-4-2-1-3-5-14/h1-9,15-16,18-19H,10-11,17H2. The van der Waals surface area contributed by atoms with Gasteiger partial charge in [0, 0.05) is 19.0 Å². The van der Waals surface area contributed by atoms with Crippen LogP contribution in [-0.2, 0) is 6.54 Å². The van der Waals surface area contributed by atoms with Crippen LogP contribution in [0.5, 0.6) is 0 Å². The van der Waals surface area contributed by atoms with Crippen LogP contribution in [0.15, 0.2) is 54.6 Å². The van der Waals surface area contributed by atoms with E-state index in [2.05, 4.69) is 65.4 Å². The van der Waals surface area contributed by atoms with E-state index < -0.39 is 0 Å². The molecule has 1 fully saturated rings. The highest BCUT2D eigenvalue weighted by atomic mass is 15.4. The van der Waals surface area contributed by atoms with Crippen molar-refractivity contribution in [3.8, 4) is 0 Å². The lowest BCUT2D eigenvalue weighted by Crippen LogP contribution is -2.24. The fraction of sp³-hybridized carbons (Fsp3) is 0.250. The summed E-state index contributed by atoms with van der Waals surface area (Å²) >= 11 is 0. The van der Waals surface area contributed by atoms with E-state index >= 15 is 0 Å². The van der Waals surface area contributed by atoms with Gasteiger partial charge in [0.1, 0.15) is 0 Å². The molecular weight excluding hydrogens is 234 g/mol. The minimum absolute atomic E-state index is 0.324. The van der Waals surface area contributed by atoms with Crippen molar-refractivity contribution in [1.82, 2.24) is 10.9 Å². The van der Waals surface area contributed by atoms with Crippen LogP contribution in [0.3, 0.4) is 0 Å². The molecule has 1 heterocycles. The van der Waals surface area contributed by atoms with E-state index in [1.807, 2.05) is 0 Å². The van der Waals surface area contributed by atoms with Crippen molar-refractivity contribution in [2.45, 2.75) is 18.5 Å². The van der Waals surface area contributed by atoms with Gasteiger partial charge in [0.15, 0.2) is 0 Å². The zero-order valence-electron chi connectivity index (χ0n) is 10.8. The average Bonchev–Trinajstić information content (AvgIpc) is 2.98. The Hall–Kier alpha value is -1.68. The minimum atomic E-state index is 0.324. The number of benzene rings is 2. The Morgan fingerprint density at radius 3 is 2.37 bits per heavy atom. The van der Waals surface area contributed by atoms with Crippen molar-refractivity contribution < 1.29 is 0 Å². The van der Waals surface area contributed by atoms with Gasteiger partial charge in [-0.25, -0.2) is 5.43 Å². The summed E-state index contributed by atoms with van der Waals surface area (Å²) in [4.78, 5) is 0. The van der Waals surface area contributed by atoms with Crippen LogP contribution in [0.1, 0.15) is 28.7 Å². The summed E-state index contributed by atoms with van der Waals surface area (Å²) in [5.41, 5.74) is 16.1. The van der Waals surface area contributed by atoms with Gasteiger partial charge in [-0.1, -0.05) is 54.6 Å². The summed E-state index contributed by atoms with van der Waals surface area (Å²) in [5.74, 6) is 0.453. The Kier molecular flexibility index (Phi) is 3.60. The lowest BCUT2D eigenvalue weighted by atomic mass is 9.88. The molecule has 2 unspecified atom stereocenters. The minimum Gasteiger partial charge on any atom is -0.326 e. The second-order valence-electron chi connectivity index (χ2n) is 4.97. The molecule has 0 saturated carbocycles. The van der Waals surface area contributed by atoms with Gasteiger partial charge in [-0.2, -0.15) is 0 Å². The molecule has 2 atom stereocenters. The molecule has 0 amide bonds. The molecule has 3 heteroatoms. The Labute approximate surface area is 113 Å². The SMILES string of the molecule is NCc1ccc(C2CNNC2c2ccccc2)cc1. The van der Waals surface area contributed by atoms with Crippen LogP contribution in [0.25, 0.3) is 0 Å². The summed E-state index contributed by atoms with van der Waals surface area (Å²) in [6, 6.07) is 19.5. The van der Waals surface area contributed by atoms with E-state index in [1.54, 1.807) is 0 Å². The molecular formula is C16H19N3. The number of hydrazine groups is 1. The highest BCUT2D eigenvalue weighted by Crippen LogP contribution is 2.33. The van der Waals surface area contributed by atoms with Crippen LogP contribution >= 0.6 is 0 Å². The van der Waals surface area contributed by atoms with Crippen molar-refractivity contribution in [3.05, 3.63) is 71.3 Å². The molecule has 0 radical (unpaired) electrons. The lowest BCUT2D eigenvalue weighted by Gasteiger charge is -2.19. The fourth-order valence-corrected chi connectivity index (χ4v) is 2.68. The predicted molar refractivity (Wildman–Crippen MR) is 77.4 cm³/mol. The molecule has 0 aromatic heterocycles. The van der Waals surface area contributed by atoms with Crippen LogP contribution < -0.4 is 16.6 Å². The number of nitrogens with two attached hydrogens (primary N) is 1. The third-order valence-electron chi connectivity index (χ3n) is 3.78. The fourth-order valence-electron chi connectivity index (χ4n) is 2.68. The molecule has 98 valence electrons. The van der Waals surface area contributed by atoms with Gasteiger partial charge in [0.25, 0.3) is 0 Å². The molecule has 19 heavy (non-hydrogen) atoms. The van der Waals surface area contributed by atoms with E-state index in [0.29, 0.717) is 18.5 Å². The number of hydrogen-bond donors (Lipinski definition) is 3. The molecule has 0 bridgehead atoms. The highest BCUT2D eigenvalue weighted by molar-refractivity contribution is 5.31. The molecule has 1 saturated heterocycles. The van der Waals surface area contributed by atoms with Gasteiger partial charge in [-0.15, -0.1) is 0 Å². The summed E-state index contributed by atoms with van der Waals surface area (Å²) in [6.45, 7) is 1.55. The molecule has 2 aromatic rings. The van der Waals surface area contributed by atoms with Gasteiger partial charge in [0.2, 0.25) is 0 Å². The maximum Gasteiger partial charge on any atom is 0.0543 e. The first-order valence-corrected chi connectivity index (χ1v) is 6.71. The number of nitrogens with one attached hydrogen (secondary N) is 2. The second-order valence-corrected chi connectivity index (χ2v) is 4.97. The van der Waals surface area contributed by atoms with Crippen LogP contribution in [-0.4, -0.2) is 6.54 Å². The second kappa shape index (κ2) is 5.53. The monoisotopic (exact) mass is 253 g/mol. The van der Waals surface area contributed by atoms with Crippen molar-refractivity contribution >= 4 is 0 Å². The first kappa shape index (κ1) is 12.4. The highest BCUT2D eigenvalue weighted by Gasteiger charge is 2.29. The molecule has 0 aliphatic carbocycles. The molecule has 3 rings (SSSR count). The summed E-state index contributed by atoms with van der Waals surface area (Å²) in [5, 5.41) is 0. The zero-order chi connectivity index (χ0) is 13.1. The zero-order valence-corrected chi connectivity index (χ0v) is 10.8. The largest absolute Gasteiger partial charge is 0.326 e. The smallest absolute Gasteiger partial charge is 0.0543 e. The third kappa shape index (κ3) is 2.54. The quantitative estimate of drug-likeness (QED) is 0.785. The van der Waals surface area contributed by atoms with Gasteiger partial charge >= 0.3 is 0 Å². The van der Waals surface area contributed by atoms with E-state index in [4.69, 9.17) is 5.73 Å². The van der Waals surface area contributed by atoms with Crippen molar-refractivity contribution in [2.75, 3.05) is 6.54 Å². The van der Waals surface area contributed by atoms with Gasteiger partial charge < -0.3 is 5.73 Å². The molecule has 1 aliphatic rings. The maximum atomic E-state index is 5.65. The molecule has 2 aromatic carbocycles. The molecule has 0 spiro atoms. The van der Waals surface area contributed by atoms with Gasteiger partial charge in [-0.05, 0) is 16.7 Å². The Balaban J connectivity index is 1.86. The first-order chi connectivity index (χ1) is 9.38. The van der Waals surface area contributed by atoms with Gasteiger partial charge in [-0.3, -0.25) is 5.43 Å². The van der Waals surface area contributed by atoms with Crippen LogP contribution in [0, 0.1) is 0 Å². The predicted octanol–water partition coefficient (Wildman–Crippen LogP) is 2.08. The third-order valence-corrected chi connectivity index (χ3v) is 3.78. The number of hydrogen-bond acceptors (Lipinski definition) is 3. The van der Waals surface area contributed by atoms with Crippen molar-refractivity contribution in [2.24, 2.45) is 5.73 Å². The Bertz CT molecular complexity index is 521. The molecule has 3 nitrogen and oxygen atoms in total. The van der Waals surface area contributed by atoms with E-state index in [1.165, 1.54) is 16.7 Å². The van der Waals surface area contributed by atoms with Gasteiger partial charge in [0.05, 0.1) is 6.04 Å². The maximum absolute atomic E-state index is 5.65. The lowest BCUT2D eigenvalue weighted by molar-refractivity contribution is 0.554. The van der Waals surface area contributed by atoms with Crippen LogP contribution in [0.2, 0.25) is 0 Å². The van der Waals surface area contributed by atoms with Crippen molar-refractivity contribution in [3.63, 3.8) is 0 Å². The van der Waals surface area contributed by atoms with E-state index in [9.17, 15) is 0 Å². The Morgan fingerprint density at radius 2 is 1.68 bits per heavy atom. The number of rotatable bonds is 3. The van der Waals surface area contributed by atoms with Crippen LogP contribution in [0.4, 0.5) is 0 Å². The molecule has 1 aliphatic heterocycles. The molecule has 4 N–H and O–H groups in total. The normalized spacial score (nSPS) is 22.6. The Morgan fingerprint density at radius 1 is 0.947 bits per heavy atom. The summed E-state index contributed by atoms with van der Waals surface area (Å²) in [6.07, 6.45) is 0. The average molecular weight is 253 g/mol.